The van der Waals surface area contributed by atoms with Crippen molar-refractivity contribution in [3.63, 3.8) is 0 Å². The molecule has 6 heteroatoms. The number of hydrogen-bond acceptors (Lipinski definition) is 4. The fourth-order valence-corrected chi connectivity index (χ4v) is 3.55. The van der Waals surface area contributed by atoms with Crippen LogP contribution in [0, 0.1) is 6.92 Å². The van der Waals surface area contributed by atoms with Crippen LogP contribution < -0.4 is 5.32 Å². The molecule has 5 aromatic rings. The molecule has 142 valence electrons. The lowest BCUT2D eigenvalue weighted by atomic mass is 10.1. The Balaban J connectivity index is 1.46. The SMILES string of the molecule is Cc1ccc(Nc2ccc3ncc(Cc4ccc5ncccc5c4)n3n2)cc1Cl. The second-order valence-electron chi connectivity index (χ2n) is 7.03. The van der Waals surface area contributed by atoms with Gasteiger partial charge in [0.15, 0.2) is 11.5 Å². The smallest absolute Gasteiger partial charge is 0.153 e. The van der Waals surface area contributed by atoms with E-state index >= 15 is 0 Å². The van der Waals surface area contributed by atoms with E-state index in [4.69, 9.17) is 16.7 Å². The fourth-order valence-electron chi connectivity index (χ4n) is 3.37. The molecule has 3 aromatic heterocycles. The van der Waals surface area contributed by atoms with E-state index in [0.717, 1.165) is 50.8 Å². The highest BCUT2D eigenvalue weighted by molar-refractivity contribution is 6.31. The van der Waals surface area contributed by atoms with Gasteiger partial charge in [-0.3, -0.25) is 4.98 Å². The van der Waals surface area contributed by atoms with Gasteiger partial charge >= 0.3 is 0 Å². The van der Waals surface area contributed by atoms with Crippen LogP contribution in [0.25, 0.3) is 16.6 Å². The van der Waals surface area contributed by atoms with E-state index in [1.807, 2.05) is 60.2 Å². The zero-order valence-electron chi connectivity index (χ0n) is 15.8. The largest absolute Gasteiger partial charge is 0.339 e. The van der Waals surface area contributed by atoms with Crippen LogP contribution in [0.2, 0.25) is 5.02 Å². The van der Waals surface area contributed by atoms with Gasteiger partial charge in [0.1, 0.15) is 0 Å². The number of aryl methyl sites for hydroxylation is 1. The van der Waals surface area contributed by atoms with Crippen LogP contribution in [0.1, 0.15) is 16.8 Å². The number of nitrogens with one attached hydrogen (secondary N) is 1. The molecule has 0 aliphatic rings. The van der Waals surface area contributed by atoms with Crippen molar-refractivity contribution in [2.75, 3.05) is 5.32 Å². The summed E-state index contributed by atoms with van der Waals surface area (Å²) < 4.78 is 1.88. The van der Waals surface area contributed by atoms with Gasteiger partial charge in [-0.25, -0.2) is 9.50 Å². The standard InChI is InChI=1S/C23H18ClN5/c1-15-4-6-18(13-20(15)24)27-22-8-9-23-26-14-19(29(23)28-22)12-16-5-7-21-17(11-16)3-2-10-25-21/h2-11,13-14H,12H2,1H3,(H,27,28). The second-order valence-corrected chi connectivity index (χ2v) is 7.44. The molecule has 5 nitrogen and oxygen atoms in total. The Kier molecular flexibility index (Phi) is 4.37. The van der Waals surface area contributed by atoms with Crippen LogP contribution in [0.5, 0.6) is 0 Å². The van der Waals surface area contributed by atoms with Crippen molar-refractivity contribution in [3.8, 4) is 0 Å². The van der Waals surface area contributed by atoms with Crippen LogP contribution >= 0.6 is 11.6 Å². The molecule has 0 radical (unpaired) electrons. The van der Waals surface area contributed by atoms with Crippen LogP contribution in [0.3, 0.4) is 0 Å². The summed E-state index contributed by atoms with van der Waals surface area (Å²) in [5, 5.41) is 9.90. The van der Waals surface area contributed by atoms with Crippen molar-refractivity contribution >= 4 is 39.7 Å². The Hall–Kier alpha value is -3.44. The number of rotatable bonds is 4. The first kappa shape index (κ1) is 17.6. The lowest BCUT2D eigenvalue weighted by Crippen LogP contribution is -2.02. The third-order valence-corrected chi connectivity index (χ3v) is 5.34. The molecule has 0 amide bonds. The molecule has 0 unspecified atom stereocenters. The molecule has 1 N–H and O–H groups in total. The minimum Gasteiger partial charge on any atom is -0.339 e. The first-order valence-corrected chi connectivity index (χ1v) is 9.74. The number of aromatic nitrogens is 4. The maximum Gasteiger partial charge on any atom is 0.153 e. The molecule has 0 aliphatic heterocycles. The molecule has 0 aliphatic carbocycles. The summed E-state index contributed by atoms with van der Waals surface area (Å²) in [5.74, 6) is 0.736. The van der Waals surface area contributed by atoms with E-state index < -0.39 is 0 Å². The second kappa shape index (κ2) is 7.18. The van der Waals surface area contributed by atoms with Gasteiger partial charge in [0, 0.05) is 28.7 Å². The van der Waals surface area contributed by atoms with Crippen molar-refractivity contribution in [1.29, 1.82) is 0 Å². The summed E-state index contributed by atoms with van der Waals surface area (Å²) in [4.78, 5) is 8.87. The Morgan fingerprint density at radius 3 is 2.83 bits per heavy atom. The molecule has 0 bridgehead atoms. The highest BCUT2D eigenvalue weighted by Gasteiger charge is 2.08. The van der Waals surface area contributed by atoms with Crippen molar-refractivity contribution < 1.29 is 0 Å². The minimum atomic E-state index is 0.727. The summed E-state index contributed by atoms with van der Waals surface area (Å²) in [6.45, 7) is 1.98. The normalized spacial score (nSPS) is 11.2. The number of anilines is 2. The number of pyridine rings is 1. The van der Waals surface area contributed by atoms with Gasteiger partial charge < -0.3 is 5.32 Å². The third kappa shape index (κ3) is 3.52. The highest BCUT2D eigenvalue weighted by atomic mass is 35.5. The number of hydrogen-bond donors (Lipinski definition) is 1. The third-order valence-electron chi connectivity index (χ3n) is 4.93. The monoisotopic (exact) mass is 399 g/mol. The lowest BCUT2D eigenvalue weighted by molar-refractivity contribution is 0.876. The van der Waals surface area contributed by atoms with Gasteiger partial charge in [0.05, 0.1) is 17.4 Å². The van der Waals surface area contributed by atoms with Gasteiger partial charge in [0.2, 0.25) is 0 Å². The molecule has 0 saturated heterocycles. The van der Waals surface area contributed by atoms with Gasteiger partial charge in [0.25, 0.3) is 0 Å². The topological polar surface area (TPSA) is 55.1 Å². The zero-order chi connectivity index (χ0) is 19.8. The molecule has 2 aromatic carbocycles. The van der Waals surface area contributed by atoms with Crippen LogP contribution in [0.15, 0.2) is 73.1 Å². The fraction of sp³-hybridized carbons (Fsp3) is 0.0870. The lowest BCUT2D eigenvalue weighted by Gasteiger charge is -2.09. The number of benzene rings is 2. The van der Waals surface area contributed by atoms with Crippen molar-refractivity contribution in [2.45, 2.75) is 13.3 Å². The van der Waals surface area contributed by atoms with E-state index in [0.29, 0.717) is 0 Å². The Labute approximate surface area is 173 Å². The number of halogens is 1. The Morgan fingerprint density at radius 2 is 1.93 bits per heavy atom. The predicted molar refractivity (Wildman–Crippen MR) is 117 cm³/mol. The first-order valence-electron chi connectivity index (χ1n) is 9.36. The van der Waals surface area contributed by atoms with E-state index in [-0.39, 0.29) is 0 Å². The molecule has 3 heterocycles. The summed E-state index contributed by atoms with van der Waals surface area (Å²) >= 11 is 6.23. The molecular weight excluding hydrogens is 382 g/mol. The van der Waals surface area contributed by atoms with Crippen LogP contribution in [-0.2, 0) is 6.42 Å². The molecule has 0 saturated carbocycles. The van der Waals surface area contributed by atoms with E-state index in [9.17, 15) is 0 Å². The highest BCUT2D eigenvalue weighted by Crippen LogP contribution is 2.23. The molecule has 0 spiro atoms. The van der Waals surface area contributed by atoms with Crippen molar-refractivity contribution in [2.24, 2.45) is 0 Å². The number of fused-ring (bicyclic) bond motifs is 2. The quantitative estimate of drug-likeness (QED) is 0.429. The molecular formula is C23H18ClN5. The summed E-state index contributed by atoms with van der Waals surface area (Å²) in [6.07, 6.45) is 4.42. The average molecular weight is 400 g/mol. The summed E-state index contributed by atoms with van der Waals surface area (Å²) in [6, 6.07) is 20.1. The van der Waals surface area contributed by atoms with Crippen LogP contribution in [-0.4, -0.2) is 19.6 Å². The molecule has 0 fully saturated rings. The Bertz CT molecular complexity index is 1340. The minimum absolute atomic E-state index is 0.727. The van der Waals surface area contributed by atoms with Gasteiger partial charge in [-0.05, 0) is 60.5 Å². The maximum atomic E-state index is 6.23. The Morgan fingerprint density at radius 1 is 1.00 bits per heavy atom. The molecule has 29 heavy (non-hydrogen) atoms. The average Bonchev–Trinajstić information content (AvgIpc) is 3.13. The van der Waals surface area contributed by atoms with E-state index in [1.54, 1.807) is 0 Å². The predicted octanol–water partition coefficient (Wildman–Crippen LogP) is 5.57. The van der Waals surface area contributed by atoms with Gasteiger partial charge in [-0.1, -0.05) is 29.8 Å². The molecule has 0 atom stereocenters. The van der Waals surface area contributed by atoms with E-state index in [2.05, 4.69) is 39.6 Å². The first-order chi connectivity index (χ1) is 14.2. The molecule has 5 rings (SSSR count). The number of nitrogens with zero attached hydrogens (tertiary/aromatic N) is 4. The van der Waals surface area contributed by atoms with Crippen LogP contribution in [0.4, 0.5) is 11.5 Å². The van der Waals surface area contributed by atoms with Crippen molar-refractivity contribution in [3.05, 3.63) is 94.9 Å². The summed E-state index contributed by atoms with van der Waals surface area (Å²) in [5.41, 5.74) is 5.97. The van der Waals surface area contributed by atoms with Gasteiger partial charge in [-0.15, -0.1) is 5.10 Å². The van der Waals surface area contributed by atoms with E-state index in [1.165, 1.54) is 5.56 Å². The number of imidazole rings is 1. The maximum absolute atomic E-state index is 6.23. The van der Waals surface area contributed by atoms with Gasteiger partial charge in [-0.2, -0.15) is 0 Å². The summed E-state index contributed by atoms with van der Waals surface area (Å²) in [7, 11) is 0. The zero-order valence-corrected chi connectivity index (χ0v) is 16.6. The van der Waals surface area contributed by atoms with Crippen molar-refractivity contribution in [1.82, 2.24) is 19.6 Å².